The molecule has 0 aromatic heterocycles. The van der Waals surface area contributed by atoms with E-state index < -0.39 is 0 Å². The molecule has 0 aliphatic carbocycles. The minimum Gasteiger partial charge on any atom is -0.494 e. The highest BCUT2D eigenvalue weighted by atomic mass is 16.5. The minimum absolute atomic E-state index is 0.168. The van der Waals surface area contributed by atoms with Crippen molar-refractivity contribution >= 4 is 11.6 Å². The van der Waals surface area contributed by atoms with Gasteiger partial charge in [0.2, 0.25) is 0 Å². The van der Waals surface area contributed by atoms with Gasteiger partial charge < -0.3 is 19.4 Å². The first-order valence-electron chi connectivity index (χ1n) is 14.1. The van der Waals surface area contributed by atoms with Gasteiger partial charge in [0.25, 0.3) is 5.91 Å². The molecule has 0 unspecified atom stereocenters. The van der Waals surface area contributed by atoms with Gasteiger partial charge in [0.1, 0.15) is 5.75 Å². The van der Waals surface area contributed by atoms with Gasteiger partial charge in [-0.3, -0.25) is 4.79 Å². The maximum atomic E-state index is 13.3. The van der Waals surface area contributed by atoms with E-state index in [0.29, 0.717) is 5.92 Å². The Morgan fingerprint density at radius 1 is 0.861 bits per heavy atom. The molecule has 2 aliphatic heterocycles. The zero-order chi connectivity index (χ0) is 25.3. The van der Waals surface area contributed by atoms with Gasteiger partial charge >= 0.3 is 0 Å². The smallest absolute Gasteiger partial charge is 0.254 e. The number of benzene rings is 2. The number of ether oxygens (including phenoxy) is 1. The summed E-state index contributed by atoms with van der Waals surface area (Å²) in [5.74, 6) is 1.45. The van der Waals surface area contributed by atoms with Crippen LogP contribution in [0, 0.1) is 6.92 Å². The maximum Gasteiger partial charge on any atom is 0.254 e. The summed E-state index contributed by atoms with van der Waals surface area (Å²) in [5.41, 5.74) is 4.35. The van der Waals surface area contributed by atoms with E-state index in [9.17, 15) is 4.79 Å². The number of carbonyl (C=O) groups excluding carboxylic acids is 1. The van der Waals surface area contributed by atoms with Crippen molar-refractivity contribution in [1.29, 1.82) is 0 Å². The number of piperazine rings is 1. The van der Waals surface area contributed by atoms with Crippen molar-refractivity contribution in [2.24, 2.45) is 0 Å². The highest BCUT2D eigenvalue weighted by molar-refractivity contribution is 5.96. The maximum absolute atomic E-state index is 13.3. The van der Waals surface area contributed by atoms with Crippen molar-refractivity contribution in [2.45, 2.75) is 65.2 Å². The molecule has 0 radical (unpaired) electrons. The molecule has 0 N–H and O–H groups in total. The van der Waals surface area contributed by atoms with E-state index in [-0.39, 0.29) is 5.91 Å². The first-order chi connectivity index (χ1) is 17.5. The van der Waals surface area contributed by atoms with Crippen LogP contribution >= 0.6 is 0 Å². The molecule has 2 heterocycles. The summed E-state index contributed by atoms with van der Waals surface area (Å²) in [5, 5.41) is 0. The van der Waals surface area contributed by atoms with Gasteiger partial charge in [-0.15, -0.1) is 0 Å². The zero-order valence-electron chi connectivity index (χ0n) is 22.7. The van der Waals surface area contributed by atoms with Crippen LogP contribution in [0.2, 0.25) is 0 Å². The zero-order valence-corrected chi connectivity index (χ0v) is 22.7. The van der Waals surface area contributed by atoms with Crippen molar-refractivity contribution in [3.63, 3.8) is 0 Å². The van der Waals surface area contributed by atoms with Crippen molar-refractivity contribution in [3.8, 4) is 5.75 Å². The second-order valence-electron chi connectivity index (χ2n) is 10.8. The summed E-state index contributed by atoms with van der Waals surface area (Å²) in [6.07, 6.45) is 7.95. The second-order valence-corrected chi connectivity index (χ2v) is 10.8. The molecule has 1 amide bonds. The molecule has 2 saturated heterocycles. The van der Waals surface area contributed by atoms with E-state index in [4.69, 9.17) is 4.74 Å². The second kappa shape index (κ2) is 13.1. The number of nitrogens with zero attached hydrogens (tertiary/aromatic N) is 3. The minimum atomic E-state index is 0.168. The molecular formula is C31H45N3O2. The number of hydrogen-bond acceptors (Lipinski definition) is 4. The lowest BCUT2D eigenvalue weighted by Gasteiger charge is -2.36. The fourth-order valence-electron chi connectivity index (χ4n) is 5.46. The average Bonchev–Trinajstić information content (AvgIpc) is 2.87. The lowest BCUT2D eigenvalue weighted by atomic mass is 9.94. The summed E-state index contributed by atoms with van der Waals surface area (Å²) < 4.78 is 6.03. The fourth-order valence-corrected chi connectivity index (χ4v) is 5.46. The third-order valence-corrected chi connectivity index (χ3v) is 7.67. The van der Waals surface area contributed by atoms with Gasteiger partial charge in [0, 0.05) is 44.0 Å². The highest BCUT2D eigenvalue weighted by Crippen LogP contribution is 2.25. The molecule has 5 nitrogen and oxygen atoms in total. The first-order valence-corrected chi connectivity index (χ1v) is 14.1. The molecule has 2 aromatic carbocycles. The number of amides is 1. The number of likely N-dealkylation sites (tertiary alicyclic amines) is 1. The number of hydrogen-bond donors (Lipinski definition) is 0. The van der Waals surface area contributed by atoms with E-state index in [1.54, 1.807) is 0 Å². The summed E-state index contributed by atoms with van der Waals surface area (Å²) >= 11 is 0. The molecule has 0 saturated carbocycles. The van der Waals surface area contributed by atoms with Crippen molar-refractivity contribution in [2.75, 3.05) is 57.3 Å². The Bertz CT molecular complexity index is 956. The molecule has 0 spiro atoms. The number of anilines is 1. The quantitative estimate of drug-likeness (QED) is 0.417. The molecule has 5 heteroatoms. The van der Waals surface area contributed by atoms with E-state index in [1.165, 1.54) is 50.9 Å². The summed E-state index contributed by atoms with van der Waals surface area (Å²) in [6, 6.07) is 14.8. The Balaban J connectivity index is 1.22. The SMILES string of the molecule is Cc1ccc(C(C)C)c(C(=O)N2CCN(c3ccc(OCCCN4CCCCCCC4)cc3)CC2)c1. The Morgan fingerprint density at radius 2 is 1.53 bits per heavy atom. The Morgan fingerprint density at radius 3 is 2.19 bits per heavy atom. The molecule has 0 bridgehead atoms. The van der Waals surface area contributed by atoms with Crippen LogP contribution in [0.3, 0.4) is 0 Å². The van der Waals surface area contributed by atoms with E-state index in [1.807, 2.05) is 4.90 Å². The third-order valence-electron chi connectivity index (χ3n) is 7.67. The van der Waals surface area contributed by atoms with Crippen LogP contribution in [0.25, 0.3) is 0 Å². The topological polar surface area (TPSA) is 36.0 Å². The molecule has 2 fully saturated rings. The van der Waals surface area contributed by atoms with Crippen LogP contribution < -0.4 is 9.64 Å². The summed E-state index contributed by atoms with van der Waals surface area (Å²) in [7, 11) is 0. The average molecular weight is 492 g/mol. The predicted molar refractivity (Wildman–Crippen MR) is 149 cm³/mol. The standard InChI is InChI=1S/C31H45N3O2/c1-25(2)29-15-10-26(3)24-30(29)31(35)34-21-19-33(20-22-34)27-11-13-28(14-12-27)36-23-9-18-32-16-7-5-4-6-8-17-32/h10-15,24-25H,4-9,16-23H2,1-3H3. The van der Waals surface area contributed by atoms with Crippen LogP contribution in [0.4, 0.5) is 5.69 Å². The summed E-state index contributed by atoms with van der Waals surface area (Å²) in [4.78, 5) is 20.3. The van der Waals surface area contributed by atoms with Crippen molar-refractivity contribution in [3.05, 3.63) is 59.2 Å². The monoisotopic (exact) mass is 491 g/mol. The van der Waals surface area contributed by atoms with Gasteiger partial charge in [0.05, 0.1) is 6.61 Å². The number of rotatable bonds is 8. The molecule has 2 aromatic rings. The van der Waals surface area contributed by atoms with Crippen LogP contribution in [-0.2, 0) is 0 Å². The highest BCUT2D eigenvalue weighted by Gasteiger charge is 2.24. The molecular weight excluding hydrogens is 446 g/mol. The molecule has 196 valence electrons. The lowest BCUT2D eigenvalue weighted by Crippen LogP contribution is -2.49. The normalized spacial score (nSPS) is 17.7. The fraction of sp³-hybridized carbons (Fsp3) is 0.581. The van der Waals surface area contributed by atoms with Gasteiger partial charge in [-0.05, 0) is 81.1 Å². The van der Waals surface area contributed by atoms with E-state index >= 15 is 0 Å². The van der Waals surface area contributed by atoms with Crippen LogP contribution in [0.5, 0.6) is 5.75 Å². The van der Waals surface area contributed by atoms with Gasteiger partial charge in [-0.25, -0.2) is 0 Å². The molecule has 36 heavy (non-hydrogen) atoms. The summed E-state index contributed by atoms with van der Waals surface area (Å²) in [6.45, 7) is 14.0. The van der Waals surface area contributed by atoms with E-state index in [0.717, 1.165) is 68.2 Å². The van der Waals surface area contributed by atoms with Gasteiger partial charge in [0.15, 0.2) is 0 Å². The lowest BCUT2D eigenvalue weighted by molar-refractivity contribution is 0.0745. The van der Waals surface area contributed by atoms with Crippen molar-refractivity contribution in [1.82, 2.24) is 9.80 Å². The van der Waals surface area contributed by atoms with Crippen LogP contribution in [0.1, 0.15) is 79.8 Å². The number of carbonyl (C=O) groups is 1. The molecule has 2 aliphatic rings. The Kier molecular flexibility index (Phi) is 9.68. The molecule has 4 rings (SSSR count). The Labute approximate surface area is 218 Å². The van der Waals surface area contributed by atoms with E-state index in [2.05, 4.69) is 73.0 Å². The van der Waals surface area contributed by atoms with Gasteiger partial charge in [-0.1, -0.05) is 50.8 Å². The Hall–Kier alpha value is -2.53. The van der Waals surface area contributed by atoms with Crippen LogP contribution in [0.15, 0.2) is 42.5 Å². The largest absolute Gasteiger partial charge is 0.494 e. The molecule has 0 atom stereocenters. The van der Waals surface area contributed by atoms with Crippen LogP contribution in [-0.4, -0.2) is 68.1 Å². The van der Waals surface area contributed by atoms with Gasteiger partial charge in [-0.2, -0.15) is 0 Å². The first kappa shape index (κ1) is 26.5. The third kappa shape index (κ3) is 7.25. The predicted octanol–water partition coefficient (Wildman–Crippen LogP) is 6.12. The number of aryl methyl sites for hydroxylation is 1. The van der Waals surface area contributed by atoms with Crippen molar-refractivity contribution < 1.29 is 9.53 Å².